The van der Waals surface area contributed by atoms with E-state index in [0.717, 1.165) is 11.4 Å². The van der Waals surface area contributed by atoms with Crippen LogP contribution in [0.3, 0.4) is 0 Å². The number of fused-ring (bicyclic) bond motifs is 1. The predicted octanol–water partition coefficient (Wildman–Crippen LogP) is 4.07. The zero-order valence-electron chi connectivity index (χ0n) is 13.3. The van der Waals surface area contributed by atoms with E-state index in [1.807, 2.05) is 12.3 Å². The SMILES string of the molecule is Cc1cc(C)c(C)c(C2(C)C=Nc3ccncc3N2C)c1. The van der Waals surface area contributed by atoms with Crippen molar-refractivity contribution in [2.75, 3.05) is 11.9 Å². The van der Waals surface area contributed by atoms with E-state index in [1.54, 1.807) is 6.20 Å². The third-order valence-corrected chi connectivity index (χ3v) is 4.65. The topological polar surface area (TPSA) is 28.5 Å². The largest absolute Gasteiger partial charge is 0.357 e. The quantitative estimate of drug-likeness (QED) is 0.787. The second-order valence-electron chi connectivity index (χ2n) is 6.08. The zero-order valence-corrected chi connectivity index (χ0v) is 13.3. The summed E-state index contributed by atoms with van der Waals surface area (Å²) in [6, 6.07) is 6.46. The van der Waals surface area contributed by atoms with Crippen LogP contribution in [0.15, 0.2) is 35.6 Å². The summed E-state index contributed by atoms with van der Waals surface area (Å²) in [6.07, 6.45) is 5.73. The molecule has 108 valence electrons. The van der Waals surface area contributed by atoms with Gasteiger partial charge in [0.25, 0.3) is 0 Å². The van der Waals surface area contributed by atoms with E-state index in [2.05, 4.69) is 68.0 Å². The molecular formula is C18H21N3. The molecule has 1 unspecified atom stereocenters. The number of hydrogen-bond acceptors (Lipinski definition) is 3. The van der Waals surface area contributed by atoms with E-state index in [1.165, 1.54) is 22.3 Å². The minimum absolute atomic E-state index is 0.253. The lowest BCUT2D eigenvalue weighted by atomic mass is 9.84. The highest BCUT2D eigenvalue weighted by Crippen LogP contribution is 2.41. The number of aromatic nitrogens is 1. The number of aryl methyl sites for hydroxylation is 2. The Morgan fingerprint density at radius 2 is 1.90 bits per heavy atom. The number of benzene rings is 1. The molecule has 0 amide bonds. The summed E-state index contributed by atoms with van der Waals surface area (Å²) in [7, 11) is 2.11. The molecule has 1 aliphatic rings. The molecule has 0 saturated carbocycles. The van der Waals surface area contributed by atoms with Crippen molar-refractivity contribution in [1.82, 2.24) is 4.98 Å². The molecule has 0 fully saturated rings. The predicted molar refractivity (Wildman–Crippen MR) is 88.8 cm³/mol. The van der Waals surface area contributed by atoms with Crippen molar-refractivity contribution in [2.45, 2.75) is 33.2 Å². The normalized spacial score (nSPS) is 20.5. The number of aliphatic imine (C=N–C) groups is 1. The third kappa shape index (κ3) is 2.04. The standard InChI is InChI=1S/C18H21N3/c1-12-8-13(2)14(3)15(9-12)18(4)11-20-16-6-7-19-10-17(16)21(18)5/h6-11H,1-5H3. The van der Waals surface area contributed by atoms with Crippen LogP contribution in [-0.4, -0.2) is 18.2 Å². The van der Waals surface area contributed by atoms with Gasteiger partial charge in [-0.3, -0.25) is 9.98 Å². The van der Waals surface area contributed by atoms with E-state index in [-0.39, 0.29) is 5.54 Å². The lowest BCUT2D eigenvalue weighted by Crippen LogP contribution is -2.45. The summed E-state index contributed by atoms with van der Waals surface area (Å²) in [5, 5.41) is 0. The minimum Gasteiger partial charge on any atom is -0.357 e. The Morgan fingerprint density at radius 1 is 1.14 bits per heavy atom. The summed E-state index contributed by atoms with van der Waals surface area (Å²) in [5.41, 5.74) is 7.04. The maximum absolute atomic E-state index is 4.67. The molecule has 0 saturated heterocycles. The van der Waals surface area contributed by atoms with Crippen LogP contribution < -0.4 is 4.90 Å². The molecule has 3 nitrogen and oxygen atoms in total. The second kappa shape index (κ2) is 4.69. The van der Waals surface area contributed by atoms with Gasteiger partial charge in [-0.25, -0.2) is 0 Å². The average molecular weight is 279 g/mol. The van der Waals surface area contributed by atoms with Crippen molar-refractivity contribution in [3.8, 4) is 0 Å². The van der Waals surface area contributed by atoms with Crippen molar-refractivity contribution in [2.24, 2.45) is 4.99 Å². The fourth-order valence-corrected chi connectivity index (χ4v) is 3.09. The van der Waals surface area contributed by atoms with E-state index in [0.29, 0.717) is 0 Å². The number of anilines is 1. The first-order chi connectivity index (χ1) is 9.93. The van der Waals surface area contributed by atoms with Crippen LogP contribution in [-0.2, 0) is 5.54 Å². The highest BCUT2D eigenvalue weighted by Gasteiger charge is 2.35. The molecule has 1 aromatic carbocycles. The van der Waals surface area contributed by atoms with Gasteiger partial charge in [0.05, 0.1) is 23.1 Å². The summed E-state index contributed by atoms with van der Waals surface area (Å²) in [5.74, 6) is 0. The maximum Gasteiger partial charge on any atom is 0.0980 e. The Labute approximate surface area is 126 Å². The van der Waals surface area contributed by atoms with Gasteiger partial charge in [0.15, 0.2) is 0 Å². The first kappa shape index (κ1) is 13.8. The van der Waals surface area contributed by atoms with E-state index < -0.39 is 0 Å². The Bertz CT molecular complexity index is 733. The van der Waals surface area contributed by atoms with Gasteiger partial charge < -0.3 is 4.90 Å². The van der Waals surface area contributed by atoms with Crippen LogP contribution in [0.1, 0.15) is 29.2 Å². The van der Waals surface area contributed by atoms with Gasteiger partial charge in [0, 0.05) is 19.5 Å². The molecule has 2 heterocycles. The van der Waals surface area contributed by atoms with Crippen molar-refractivity contribution < 1.29 is 0 Å². The van der Waals surface area contributed by atoms with Gasteiger partial charge in [-0.2, -0.15) is 0 Å². The molecule has 0 radical (unpaired) electrons. The molecule has 2 aromatic rings. The Kier molecular flexibility index (Phi) is 3.08. The molecule has 1 aromatic heterocycles. The average Bonchev–Trinajstić information content (AvgIpc) is 2.47. The first-order valence-electron chi connectivity index (χ1n) is 7.25. The number of nitrogens with zero attached hydrogens (tertiary/aromatic N) is 3. The number of rotatable bonds is 1. The van der Waals surface area contributed by atoms with Gasteiger partial charge in [-0.05, 0) is 50.5 Å². The molecule has 1 atom stereocenters. The summed E-state index contributed by atoms with van der Waals surface area (Å²) < 4.78 is 0. The number of hydrogen-bond donors (Lipinski definition) is 0. The Hall–Kier alpha value is -2.16. The van der Waals surface area contributed by atoms with Gasteiger partial charge in [0.2, 0.25) is 0 Å². The van der Waals surface area contributed by atoms with Crippen LogP contribution in [0.25, 0.3) is 0 Å². The van der Waals surface area contributed by atoms with Crippen LogP contribution in [0.4, 0.5) is 11.4 Å². The third-order valence-electron chi connectivity index (χ3n) is 4.65. The Morgan fingerprint density at radius 3 is 2.67 bits per heavy atom. The van der Waals surface area contributed by atoms with Gasteiger partial charge >= 0.3 is 0 Å². The molecular weight excluding hydrogens is 258 g/mol. The molecule has 0 spiro atoms. The second-order valence-corrected chi connectivity index (χ2v) is 6.08. The van der Waals surface area contributed by atoms with Crippen molar-refractivity contribution in [1.29, 1.82) is 0 Å². The summed E-state index contributed by atoms with van der Waals surface area (Å²) in [4.78, 5) is 11.2. The maximum atomic E-state index is 4.67. The highest BCUT2D eigenvalue weighted by atomic mass is 15.2. The van der Waals surface area contributed by atoms with E-state index in [4.69, 9.17) is 0 Å². The summed E-state index contributed by atoms with van der Waals surface area (Å²) in [6.45, 7) is 8.73. The lowest BCUT2D eigenvalue weighted by molar-refractivity contribution is 0.621. The minimum atomic E-state index is -0.253. The van der Waals surface area contributed by atoms with Gasteiger partial charge in [-0.15, -0.1) is 0 Å². The molecule has 0 N–H and O–H groups in total. The van der Waals surface area contributed by atoms with Crippen molar-refractivity contribution in [3.63, 3.8) is 0 Å². The van der Waals surface area contributed by atoms with Crippen LogP contribution in [0.2, 0.25) is 0 Å². The number of pyridine rings is 1. The van der Waals surface area contributed by atoms with Crippen molar-refractivity contribution in [3.05, 3.63) is 52.8 Å². The molecule has 3 rings (SSSR count). The fourth-order valence-electron chi connectivity index (χ4n) is 3.09. The van der Waals surface area contributed by atoms with Crippen LogP contribution >= 0.6 is 0 Å². The van der Waals surface area contributed by atoms with Crippen LogP contribution in [0, 0.1) is 20.8 Å². The van der Waals surface area contributed by atoms with E-state index in [9.17, 15) is 0 Å². The summed E-state index contributed by atoms with van der Waals surface area (Å²) >= 11 is 0. The molecule has 21 heavy (non-hydrogen) atoms. The first-order valence-corrected chi connectivity index (χ1v) is 7.25. The smallest absolute Gasteiger partial charge is 0.0980 e. The van der Waals surface area contributed by atoms with E-state index >= 15 is 0 Å². The molecule has 3 heteroatoms. The zero-order chi connectivity index (χ0) is 15.2. The molecule has 1 aliphatic heterocycles. The van der Waals surface area contributed by atoms with Gasteiger partial charge in [0.1, 0.15) is 0 Å². The molecule has 0 bridgehead atoms. The highest BCUT2D eigenvalue weighted by molar-refractivity contribution is 5.88. The van der Waals surface area contributed by atoms with Gasteiger partial charge in [-0.1, -0.05) is 17.7 Å². The monoisotopic (exact) mass is 279 g/mol. The molecule has 0 aliphatic carbocycles. The Balaban J connectivity index is 2.20. The fraction of sp³-hybridized carbons (Fsp3) is 0.333. The lowest BCUT2D eigenvalue weighted by Gasteiger charge is -2.42. The van der Waals surface area contributed by atoms with Crippen LogP contribution in [0.5, 0.6) is 0 Å². The van der Waals surface area contributed by atoms with Crippen molar-refractivity contribution >= 4 is 17.6 Å².